The normalized spacial score (nSPS) is 16.0. The fourth-order valence-electron chi connectivity index (χ4n) is 2.47. The second-order valence-corrected chi connectivity index (χ2v) is 8.65. The van der Waals surface area contributed by atoms with Crippen molar-refractivity contribution in [1.29, 1.82) is 0 Å². The third-order valence-corrected chi connectivity index (χ3v) is 6.26. The van der Waals surface area contributed by atoms with Gasteiger partial charge in [0.2, 0.25) is 15.9 Å². The number of hydrogen-bond donors (Lipinski definition) is 1. The van der Waals surface area contributed by atoms with Crippen LogP contribution in [0.5, 0.6) is 0 Å². The quantitative estimate of drug-likeness (QED) is 0.794. The van der Waals surface area contributed by atoms with Crippen molar-refractivity contribution in [2.75, 3.05) is 15.4 Å². The standard InChI is InChI=1S/C16H11Cl3N2O4S/c17-9-1-4-12(18)14(7-9)20-16(23)11-3-2-10(8-13(11)19)21-15(22)5-6-26(21,24)25/h1-4,7-8H,5-6H2,(H,20,23). The maximum atomic E-state index is 12.4. The molecule has 0 atom stereocenters. The van der Waals surface area contributed by atoms with E-state index in [2.05, 4.69) is 5.32 Å². The molecule has 10 heteroatoms. The van der Waals surface area contributed by atoms with Crippen molar-refractivity contribution < 1.29 is 18.0 Å². The molecular weight excluding hydrogens is 423 g/mol. The summed E-state index contributed by atoms with van der Waals surface area (Å²) in [7, 11) is -3.71. The molecule has 2 aromatic rings. The third-order valence-electron chi connectivity index (χ3n) is 3.69. The van der Waals surface area contributed by atoms with E-state index in [0.29, 0.717) is 20.0 Å². The molecule has 0 spiro atoms. The minimum atomic E-state index is -3.71. The third kappa shape index (κ3) is 3.66. The zero-order valence-electron chi connectivity index (χ0n) is 13.0. The highest BCUT2D eigenvalue weighted by Crippen LogP contribution is 2.31. The van der Waals surface area contributed by atoms with Crippen molar-refractivity contribution >= 4 is 68.0 Å². The molecule has 1 N–H and O–H groups in total. The average Bonchev–Trinajstić information content (AvgIpc) is 2.83. The van der Waals surface area contributed by atoms with Gasteiger partial charge in [-0.1, -0.05) is 34.8 Å². The molecule has 26 heavy (non-hydrogen) atoms. The van der Waals surface area contributed by atoms with Crippen molar-refractivity contribution in [3.05, 3.63) is 57.0 Å². The molecular formula is C16H11Cl3N2O4S. The molecule has 1 heterocycles. The minimum absolute atomic E-state index is 0.00643. The van der Waals surface area contributed by atoms with Crippen LogP contribution in [-0.4, -0.2) is 26.0 Å². The molecule has 0 saturated carbocycles. The number of benzene rings is 2. The van der Waals surface area contributed by atoms with Gasteiger partial charge in [0.25, 0.3) is 5.91 Å². The van der Waals surface area contributed by atoms with Gasteiger partial charge in [-0.2, -0.15) is 0 Å². The van der Waals surface area contributed by atoms with E-state index in [4.69, 9.17) is 34.8 Å². The van der Waals surface area contributed by atoms with Crippen LogP contribution in [0.1, 0.15) is 16.8 Å². The van der Waals surface area contributed by atoms with E-state index in [-0.39, 0.29) is 28.4 Å². The fourth-order valence-corrected chi connectivity index (χ4v) is 4.52. The van der Waals surface area contributed by atoms with Gasteiger partial charge in [0, 0.05) is 11.4 Å². The summed E-state index contributed by atoms with van der Waals surface area (Å²) in [6.45, 7) is 0. The number of anilines is 2. The predicted octanol–water partition coefficient (Wildman–Crippen LogP) is 3.97. The van der Waals surface area contributed by atoms with Crippen LogP contribution in [0.2, 0.25) is 15.1 Å². The highest BCUT2D eigenvalue weighted by molar-refractivity contribution is 7.94. The predicted molar refractivity (Wildman–Crippen MR) is 102 cm³/mol. The molecule has 136 valence electrons. The summed E-state index contributed by atoms with van der Waals surface area (Å²) < 4.78 is 24.6. The number of halogens is 3. The molecule has 1 aliphatic heterocycles. The maximum absolute atomic E-state index is 12.4. The average molecular weight is 434 g/mol. The van der Waals surface area contributed by atoms with E-state index in [0.717, 1.165) is 0 Å². The summed E-state index contributed by atoms with van der Waals surface area (Å²) in [6.07, 6.45) is -0.0878. The van der Waals surface area contributed by atoms with Crippen LogP contribution in [0.15, 0.2) is 36.4 Å². The number of carbonyl (C=O) groups is 2. The summed E-state index contributed by atoms with van der Waals surface area (Å²) in [5.41, 5.74) is 0.493. The molecule has 3 rings (SSSR count). The second kappa shape index (κ2) is 7.08. The zero-order valence-corrected chi connectivity index (χ0v) is 16.1. The first-order valence-electron chi connectivity index (χ1n) is 7.31. The topological polar surface area (TPSA) is 83.6 Å². The Kier molecular flexibility index (Phi) is 5.16. The van der Waals surface area contributed by atoms with Gasteiger partial charge in [0.05, 0.1) is 32.7 Å². The number of carbonyl (C=O) groups excluding carboxylic acids is 2. The molecule has 1 aliphatic rings. The lowest BCUT2D eigenvalue weighted by Crippen LogP contribution is -2.29. The van der Waals surface area contributed by atoms with Crippen LogP contribution < -0.4 is 9.62 Å². The molecule has 0 unspecified atom stereocenters. The van der Waals surface area contributed by atoms with E-state index in [1.807, 2.05) is 0 Å². The highest BCUT2D eigenvalue weighted by atomic mass is 35.5. The van der Waals surface area contributed by atoms with Gasteiger partial charge >= 0.3 is 0 Å². The van der Waals surface area contributed by atoms with E-state index < -0.39 is 21.8 Å². The van der Waals surface area contributed by atoms with Crippen molar-refractivity contribution in [3.63, 3.8) is 0 Å². The Bertz CT molecular complexity index is 1020. The molecule has 2 amide bonds. The first-order chi connectivity index (χ1) is 12.2. The Morgan fingerprint density at radius 1 is 1.04 bits per heavy atom. The summed E-state index contributed by atoms with van der Waals surface area (Å²) in [5, 5.41) is 3.27. The molecule has 6 nitrogen and oxygen atoms in total. The van der Waals surface area contributed by atoms with Gasteiger partial charge in [-0.15, -0.1) is 0 Å². The summed E-state index contributed by atoms with van der Waals surface area (Å²) in [5.74, 6) is -1.34. The SMILES string of the molecule is O=C(Nc1cc(Cl)ccc1Cl)c1ccc(N2C(=O)CCS2(=O)=O)cc1Cl. The van der Waals surface area contributed by atoms with Crippen LogP contribution in [0.4, 0.5) is 11.4 Å². The van der Waals surface area contributed by atoms with Crippen molar-refractivity contribution in [1.82, 2.24) is 0 Å². The van der Waals surface area contributed by atoms with Crippen LogP contribution in [0.25, 0.3) is 0 Å². The van der Waals surface area contributed by atoms with Crippen molar-refractivity contribution in [3.8, 4) is 0 Å². The van der Waals surface area contributed by atoms with Crippen LogP contribution in [-0.2, 0) is 14.8 Å². The molecule has 0 radical (unpaired) electrons. The first-order valence-corrected chi connectivity index (χ1v) is 10.0. The number of amides is 2. The summed E-state index contributed by atoms with van der Waals surface area (Å²) in [4.78, 5) is 24.3. The molecule has 0 aromatic heterocycles. The van der Waals surface area contributed by atoms with Gasteiger partial charge in [0.1, 0.15) is 0 Å². The molecule has 2 aromatic carbocycles. The Labute approximate surface area is 164 Å². The van der Waals surface area contributed by atoms with E-state index >= 15 is 0 Å². The van der Waals surface area contributed by atoms with E-state index in [1.54, 1.807) is 6.07 Å². The highest BCUT2D eigenvalue weighted by Gasteiger charge is 2.36. The molecule has 0 aliphatic carbocycles. The fraction of sp³-hybridized carbons (Fsp3) is 0.125. The Hall–Kier alpha value is -1.80. The summed E-state index contributed by atoms with van der Waals surface area (Å²) in [6, 6.07) is 8.55. The first kappa shape index (κ1) is 19.0. The molecule has 0 bridgehead atoms. The lowest BCUT2D eigenvalue weighted by Gasteiger charge is -2.16. The second-order valence-electron chi connectivity index (χ2n) is 5.47. The van der Waals surface area contributed by atoms with E-state index in [1.165, 1.54) is 30.3 Å². The van der Waals surface area contributed by atoms with Gasteiger partial charge in [0.15, 0.2) is 0 Å². The van der Waals surface area contributed by atoms with Gasteiger partial charge in [-0.3, -0.25) is 9.59 Å². The molecule has 1 saturated heterocycles. The Morgan fingerprint density at radius 3 is 2.38 bits per heavy atom. The number of hydrogen-bond acceptors (Lipinski definition) is 4. The van der Waals surface area contributed by atoms with Gasteiger partial charge < -0.3 is 5.32 Å². The van der Waals surface area contributed by atoms with Crippen LogP contribution in [0, 0.1) is 0 Å². The number of nitrogens with one attached hydrogen (secondary N) is 1. The number of rotatable bonds is 3. The van der Waals surface area contributed by atoms with Gasteiger partial charge in [-0.05, 0) is 36.4 Å². The number of nitrogens with zero attached hydrogens (tertiary/aromatic N) is 1. The summed E-state index contributed by atoms with van der Waals surface area (Å²) >= 11 is 18.0. The van der Waals surface area contributed by atoms with E-state index in [9.17, 15) is 18.0 Å². The zero-order chi connectivity index (χ0) is 19.1. The Morgan fingerprint density at radius 2 is 1.77 bits per heavy atom. The lowest BCUT2D eigenvalue weighted by molar-refractivity contribution is -0.116. The van der Waals surface area contributed by atoms with Crippen LogP contribution in [0.3, 0.4) is 0 Å². The number of sulfonamides is 1. The van der Waals surface area contributed by atoms with Crippen molar-refractivity contribution in [2.24, 2.45) is 0 Å². The lowest BCUT2D eigenvalue weighted by atomic mass is 10.1. The maximum Gasteiger partial charge on any atom is 0.257 e. The Balaban J connectivity index is 1.89. The minimum Gasteiger partial charge on any atom is -0.321 e. The van der Waals surface area contributed by atoms with Crippen LogP contribution >= 0.6 is 34.8 Å². The monoisotopic (exact) mass is 432 g/mol. The largest absolute Gasteiger partial charge is 0.321 e. The molecule has 1 fully saturated rings. The smallest absolute Gasteiger partial charge is 0.257 e. The van der Waals surface area contributed by atoms with Crippen molar-refractivity contribution in [2.45, 2.75) is 6.42 Å². The van der Waals surface area contributed by atoms with Gasteiger partial charge in [-0.25, -0.2) is 12.7 Å².